The van der Waals surface area contributed by atoms with Crippen LogP contribution in [0.15, 0.2) is 42.6 Å². The minimum Gasteiger partial charge on any atom is -0.399 e. The van der Waals surface area contributed by atoms with Crippen LogP contribution in [0.3, 0.4) is 0 Å². The minimum absolute atomic E-state index is 0.00862. The van der Waals surface area contributed by atoms with Crippen LogP contribution in [0, 0.1) is 0 Å². The van der Waals surface area contributed by atoms with Gasteiger partial charge in [-0.05, 0) is 48.2 Å². The van der Waals surface area contributed by atoms with Crippen molar-refractivity contribution in [2.45, 2.75) is 25.8 Å². The number of benzene rings is 1. The Kier molecular flexibility index (Phi) is 4.76. The van der Waals surface area contributed by atoms with Crippen LogP contribution in [0.4, 0.5) is 11.5 Å². The van der Waals surface area contributed by atoms with Crippen molar-refractivity contribution >= 4 is 17.4 Å². The second kappa shape index (κ2) is 7.13. The number of carbonyl (C=O) groups excluding carboxylic acids is 1. The Labute approximate surface area is 136 Å². The fourth-order valence-electron chi connectivity index (χ4n) is 2.77. The lowest BCUT2D eigenvalue weighted by atomic mass is 10.1. The van der Waals surface area contributed by atoms with Gasteiger partial charge in [0.2, 0.25) is 5.91 Å². The molecular weight excluding hydrogens is 288 g/mol. The molecule has 3 N–H and O–H groups in total. The molecule has 1 fully saturated rings. The molecule has 0 unspecified atom stereocenters. The van der Waals surface area contributed by atoms with E-state index < -0.39 is 0 Å². The third kappa shape index (κ3) is 4.22. The van der Waals surface area contributed by atoms with E-state index in [4.69, 9.17) is 5.73 Å². The van der Waals surface area contributed by atoms with Gasteiger partial charge < -0.3 is 16.0 Å². The average molecular weight is 310 g/mol. The van der Waals surface area contributed by atoms with Gasteiger partial charge in [0.25, 0.3) is 0 Å². The normalized spacial score (nSPS) is 14.0. The van der Waals surface area contributed by atoms with Crippen molar-refractivity contribution in [3.63, 3.8) is 0 Å². The van der Waals surface area contributed by atoms with Crippen LogP contribution >= 0.6 is 0 Å². The maximum absolute atomic E-state index is 12.0. The van der Waals surface area contributed by atoms with E-state index in [2.05, 4.69) is 21.3 Å². The number of aromatic nitrogens is 1. The van der Waals surface area contributed by atoms with Gasteiger partial charge in [-0.1, -0.05) is 12.1 Å². The molecule has 5 nitrogen and oxygen atoms in total. The highest BCUT2D eigenvalue weighted by Crippen LogP contribution is 2.18. The van der Waals surface area contributed by atoms with E-state index in [1.54, 1.807) is 0 Å². The van der Waals surface area contributed by atoms with E-state index in [0.29, 0.717) is 18.7 Å². The highest BCUT2D eigenvalue weighted by molar-refractivity contribution is 5.78. The van der Waals surface area contributed by atoms with Crippen LogP contribution in [0.5, 0.6) is 0 Å². The Morgan fingerprint density at radius 2 is 1.87 bits per heavy atom. The van der Waals surface area contributed by atoms with Crippen molar-refractivity contribution in [1.29, 1.82) is 0 Å². The third-order valence-electron chi connectivity index (χ3n) is 4.07. The van der Waals surface area contributed by atoms with E-state index in [1.807, 2.05) is 36.5 Å². The Morgan fingerprint density at radius 3 is 2.61 bits per heavy atom. The average Bonchev–Trinajstić information content (AvgIpc) is 3.10. The van der Waals surface area contributed by atoms with Crippen LogP contribution in [0.1, 0.15) is 24.0 Å². The van der Waals surface area contributed by atoms with Gasteiger partial charge in [-0.25, -0.2) is 4.98 Å². The maximum Gasteiger partial charge on any atom is 0.224 e. The first-order valence-corrected chi connectivity index (χ1v) is 8.02. The lowest BCUT2D eigenvalue weighted by Gasteiger charge is -2.17. The molecule has 1 aliphatic heterocycles. The predicted octanol–water partition coefficient (Wildman–Crippen LogP) is 2.12. The highest BCUT2D eigenvalue weighted by Gasteiger charge is 2.13. The molecule has 1 aromatic heterocycles. The number of amides is 1. The summed E-state index contributed by atoms with van der Waals surface area (Å²) in [5.74, 6) is 1.02. The van der Waals surface area contributed by atoms with E-state index in [1.165, 1.54) is 12.8 Å². The molecule has 0 atom stereocenters. The molecule has 0 radical (unpaired) electrons. The van der Waals surface area contributed by atoms with Gasteiger partial charge >= 0.3 is 0 Å². The van der Waals surface area contributed by atoms with Crippen molar-refractivity contribution in [3.05, 3.63) is 53.7 Å². The molecule has 1 aromatic carbocycles. The largest absolute Gasteiger partial charge is 0.399 e. The minimum atomic E-state index is 0.00862. The molecule has 5 heteroatoms. The van der Waals surface area contributed by atoms with Gasteiger partial charge in [0, 0.05) is 31.5 Å². The smallest absolute Gasteiger partial charge is 0.224 e. The van der Waals surface area contributed by atoms with Crippen molar-refractivity contribution in [1.82, 2.24) is 10.3 Å². The molecule has 1 amide bonds. The number of rotatable bonds is 5. The van der Waals surface area contributed by atoms with Gasteiger partial charge in [-0.2, -0.15) is 0 Å². The zero-order chi connectivity index (χ0) is 16.1. The van der Waals surface area contributed by atoms with Crippen LogP contribution in [-0.4, -0.2) is 24.0 Å². The van der Waals surface area contributed by atoms with E-state index in [-0.39, 0.29) is 5.91 Å². The third-order valence-corrected chi connectivity index (χ3v) is 4.07. The number of nitrogens with zero attached hydrogens (tertiary/aromatic N) is 2. The molecule has 1 saturated heterocycles. The maximum atomic E-state index is 12.0. The molecule has 1 aliphatic rings. The summed E-state index contributed by atoms with van der Waals surface area (Å²) < 4.78 is 0. The Balaban J connectivity index is 1.54. The number of nitrogen functional groups attached to an aromatic ring is 1. The van der Waals surface area contributed by atoms with E-state index >= 15 is 0 Å². The first-order valence-electron chi connectivity index (χ1n) is 8.02. The Bertz CT molecular complexity index is 663. The number of pyridine rings is 1. The standard InChI is InChI=1S/C18H22N4O/c19-16-5-3-14(4-6-16)12-18(23)21-13-15-7-8-20-17(11-15)22-9-1-2-10-22/h3-8,11H,1-2,9-10,12-13,19H2,(H,21,23). The molecule has 120 valence electrons. The van der Waals surface area contributed by atoms with Crippen LogP contribution in [-0.2, 0) is 17.8 Å². The molecule has 23 heavy (non-hydrogen) atoms. The lowest BCUT2D eigenvalue weighted by Crippen LogP contribution is -2.25. The van der Waals surface area contributed by atoms with Gasteiger partial charge in [0.1, 0.15) is 5.82 Å². The second-order valence-electron chi connectivity index (χ2n) is 5.91. The Hall–Kier alpha value is -2.56. The zero-order valence-electron chi connectivity index (χ0n) is 13.2. The van der Waals surface area contributed by atoms with Crippen molar-refractivity contribution in [3.8, 4) is 0 Å². The number of carbonyl (C=O) groups is 1. The summed E-state index contributed by atoms with van der Waals surface area (Å²) in [5.41, 5.74) is 8.39. The zero-order valence-corrected chi connectivity index (χ0v) is 13.2. The van der Waals surface area contributed by atoms with Crippen molar-refractivity contribution < 1.29 is 4.79 Å². The molecule has 0 saturated carbocycles. The quantitative estimate of drug-likeness (QED) is 0.830. The van der Waals surface area contributed by atoms with Crippen LogP contribution in [0.2, 0.25) is 0 Å². The molecule has 3 rings (SSSR count). The van der Waals surface area contributed by atoms with Gasteiger partial charge in [0.05, 0.1) is 6.42 Å². The fraction of sp³-hybridized carbons (Fsp3) is 0.333. The molecule has 0 spiro atoms. The molecule has 2 heterocycles. The number of nitrogens with two attached hydrogens (primary N) is 1. The Morgan fingerprint density at radius 1 is 1.13 bits per heavy atom. The first-order chi connectivity index (χ1) is 11.2. The van der Waals surface area contributed by atoms with Gasteiger partial charge in [-0.15, -0.1) is 0 Å². The van der Waals surface area contributed by atoms with Gasteiger partial charge in [-0.3, -0.25) is 4.79 Å². The summed E-state index contributed by atoms with van der Waals surface area (Å²) in [7, 11) is 0. The number of anilines is 2. The summed E-state index contributed by atoms with van der Waals surface area (Å²) in [6.07, 6.45) is 4.63. The summed E-state index contributed by atoms with van der Waals surface area (Å²) >= 11 is 0. The van der Waals surface area contributed by atoms with E-state index in [0.717, 1.165) is 30.0 Å². The van der Waals surface area contributed by atoms with Crippen molar-refractivity contribution in [2.24, 2.45) is 0 Å². The summed E-state index contributed by atoms with van der Waals surface area (Å²) in [6, 6.07) is 11.4. The van der Waals surface area contributed by atoms with E-state index in [9.17, 15) is 4.79 Å². The summed E-state index contributed by atoms with van der Waals surface area (Å²) in [5, 5.41) is 2.96. The van der Waals surface area contributed by atoms with Crippen LogP contribution in [0.25, 0.3) is 0 Å². The second-order valence-corrected chi connectivity index (χ2v) is 5.91. The molecular formula is C18H22N4O. The van der Waals surface area contributed by atoms with Crippen LogP contribution < -0.4 is 16.0 Å². The number of nitrogens with one attached hydrogen (secondary N) is 1. The molecule has 0 aliphatic carbocycles. The number of hydrogen-bond donors (Lipinski definition) is 2. The lowest BCUT2D eigenvalue weighted by molar-refractivity contribution is -0.120. The SMILES string of the molecule is Nc1ccc(CC(=O)NCc2ccnc(N3CCCC3)c2)cc1. The topological polar surface area (TPSA) is 71.2 Å². The molecule has 2 aromatic rings. The predicted molar refractivity (Wildman–Crippen MR) is 92.1 cm³/mol. The summed E-state index contributed by atoms with van der Waals surface area (Å²) in [4.78, 5) is 18.8. The summed E-state index contributed by atoms with van der Waals surface area (Å²) in [6.45, 7) is 2.66. The monoisotopic (exact) mass is 310 g/mol. The van der Waals surface area contributed by atoms with Crippen molar-refractivity contribution in [2.75, 3.05) is 23.7 Å². The number of hydrogen-bond acceptors (Lipinski definition) is 4. The fourth-order valence-corrected chi connectivity index (χ4v) is 2.77. The highest BCUT2D eigenvalue weighted by atomic mass is 16.1. The first kappa shape index (κ1) is 15.3. The van der Waals surface area contributed by atoms with Gasteiger partial charge in [0.15, 0.2) is 0 Å². The molecule has 0 bridgehead atoms.